The highest BCUT2D eigenvalue weighted by atomic mass is 32.2. The van der Waals surface area contributed by atoms with Crippen LogP contribution in [-0.2, 0) is 14.6 Å². The van der Waals surface area contributed by atoms with Gasteiger partial charge in [0.1, 0.15) is 10.6 Å². The maximum absolute atomic E-state index is 13.6. The predicted molar refractivity (Wildman–Crippen MR) is 117 cm³/mol. The third-order valence-electron chi connectivity index (χ3n) is 4.83. The Morgan fingerprint density at radius 1 is 1.16 bits per heavy atom. The fourth-order valence-corrected chi connectivity index (χ4v) is 5.35. The Kier molecular flexibility index (Phi) is 6.04. The minimum absolute atomic E-state index is 0.0195. The van der Waals surface area contributed by atoms with Gasteiger partial charge in [-0.2, -0.15) is 0 Å². The molecule has 1 unspecified atom stereocenters. The second kappa shape index (κ2) is 8.42. The third-order valence-corrected chi connectivity index (χ3v) is 6.65. The summed E-state index contributed by atoms with van der Waals surface area (Å²) in [5.41, 5.74) is 6.21. The smallest absolute Gasteiger partial charge is 0.270 e. The second-order valence-electron chi connectivity index (χ2n) is 7.69. The van der Waals surface area contributed by atoms with E-state index in [-0.39, 0.29) is 38.5 Å². The SMILES string of the molecule is Cc1cc(C)cc(S(=O)(=O)c2c(C(=O)NC(C)CC(N)=O)[nH]c3ccc([N+](=O)[O-])cc23)c1. The Morgan fingerprint density at radius 3 is 2.34 bits per heavy atom. The van der Waals surface area contributed by atoms with Crippen LogP contribution in [-0.4, -0.2) is 36.2 Å². The van der Waals surface area contributed by atoms with Crippen molar-refractivity contribution in [2.24, 2.45) is 5.73 Å². The number of H-pyrrole nitrogens is 1. The number of fused-ring (bicyclic) bond motifs is 1. The molecule has 3 aromatic rings. The highest BCUT2D eigenvalue weighted by Gasteiger charge is 2.31. The van der Waals surface area contributed by atoms with Crippen molar-refractivity contribution in [3.63, 3.8) is 0 Å². The Hall–Kier alpha value is -3.73. The lowest BCUT2D eigenvalue weighted by Gasteiger charge is -2.13. The first-order chi connectivity index (χ1) is 14.9. The molecule has 168 valence electrons. The highest BCUT2D eigenvalue weighted by Crippen LogP contribution is 2.34. The van der Waals surface area contributed by atoms with Crippen LogP contribution in [0.5, 0.6) is 0 Å². The average molecular weight is 458 g/mol. The fourth-order valence-electron chi connectivity index (χ4n) is 3.56. The molecule has 4 N–H and O–H groups in total. The van der Waals surface area contributed by atoms with E-state index < -0.39 is 32.6 Å². The number of hydrogen-bond donors (Lipinski definition) is 3. The quantitative estimate of drug-likeness (QED) is 0.363. The molecule has 0 spiro atoms. The van der Waals surface area contributed by atoms with Crippen molar-refractivity contribution in [2.75, 3.05) is 0 Å². The van der Waals surface area contributed by atoms with E-state index in [1.807, 2.05) is 0 Å². The number of benzene rings is 2. The molecule has 2 amide bonds. The van der Waals surface area contributed by atoms with Gasteiger partial charge in [0.25, 0.3) is 11.6 Å². The van der Waals surface area contributed by atoms with Crippen molar-refractivity contribution in [2.45, 2.75) is 43.0 Å². The number of primary amides is 1. The number of nitrogens with zero attached hydrogens (tertiary/aromatic N) is 1. The number of nitro groups is 1. The first-order valence-corrected chi connectivity index (χ1v) is 11.1. The van der Waals surface area contributed by atoms with Gasteiger partial charge in [0, 0.05) is 35.5 Å². The van der Waals surface area contributed by atoms with Gasteiger partial charge < -0.3 is 16.0 Å². The molecular weight excluding hydrogens is 436 g/mol. The van der Waals surface area contributed by atoms with Gasteiger partial charge in [-0.15, -0.1) is 0 Å². The van der Waals surface area contributed by atoms with E-state index in [1.54, 1.807) is 26.8 Å². The molecule has 3 rings (SSSR count). The number of sulfone groups is 1. The van der Waals surface area contributed by atoms with E-state index in [4.69, 9.17) is 5.73 Å². The largest absolute Gasteiger partial charge is 0.370 e. The van der Waals surface area contributed by atoms with Gasteiger partial charge in [0.15, 0.2) is 0 Å². The number of carbonyl (C=O) groups excluding carboxylic acids is 2. The lowest BCUT2D eigenvalue weighted by molar-refractivity contribution is -0.384. The number of amides is 2. The molecule has 1 atom stereocenters. The van der Waals surface area contributed by atoms with Gasteiger partial charge in [0.2, 0.25) is 15.7 Å². The molecule has 0 aliphatic carbocycles. The summed E-state index contributed by atoms with van der Waals surface area (Å²) in [5.74, 6) is -1.41. The summed E-state index contributed by atoms with van der Waals surface area (Å²) in [4.78, 5) is 37.1. The van der Waals surface area contributed by atoms with E-state index in [0.717, 1.165) is 6.07 Å². The zero-order chi connectivity index (χ0) is 23.8. The lowest BCUT2D eigenvalue weighted by atomic mass is 10.2. The van der Waals surface area contributed by atoms with E-state index in [9.17, 15) is 28.1 Å². The Labute approximate surface area is 183 Å². The molecule has 1 heterocycles. The van der Waals surface area contributed by atoms with Crippen LogP contribution in [0.3, 0.4) is 0 Å². The van der Waals surface area contributed by atoms with Crippen molar-refractivity contribution in [3.05, 3.63) is 63.3 Å². The topological polar surface area (TPSA) is 165 Å². The van der Waals surface area contributed by atoms with Crippen LogP contribution in [0.15, 0.2) is 46.2 Å². The molecule has 0 aliphatic heterocycles. The molecule has 2 aromatic carbocycles. The van der Waals surface area contributed by atoms with Crippen LogP contribution in [0.4, 0.5) is 5.69 Å². The summed E-state index contributed by atoms with van der Waals surface area (Å²) < 4.78 is 27.3. The third kappa shape index (κ3) is 4.47. The van der Waals surface area contributed by atoms with E-state index in [1.165, 1.54) is 24.3 Å². The van der Waals surface area contributed by atoms with Crippen LogP contribution in [0.1, 0.15) is 35.0 Å². The molecule has 0 bridgehead atoms. The summed E-state index contributed by atoms with van der Waals surface area (Å²) in [6, 6.07) is 7.76. The van der Waals surface area contributed by atoms with Gasteiger partial charge in [-0.1, -0.05) is 6.07 Å². The molecule has 1 aromatic heterocycles. The number of non-ortho nitro benzene ring substituents is 1. The number of nitrogens with one attached hydrogen (secondary N) is 2. The van der Waals surface area contributed by atoms with Crippen LogP contribution >= 0.6 is 0 Å². The van der Waals surface area contributed by atoms with E-state index >= 15 is 0 Å². The Morgan fingerprint density at radius 2 is 1.78 bits per heavy atom. The summed E-state index contributed by atoms with van der Waals surface area (Å²) >= 11 is 0. The Bertz CT molecular complexity index is 1340. The lowest BCUT2D eigenvalue weighted by Crippen LogP contribution is -2.36. The van der Waals surface area contributed by atoms with Gasteiger partial charge in [-0.3, -0.25) is 19.7 Å². The van der Waals surface area contributed by atoms with Gasteiger partial charge >= 0.3 is 0 Å². The van der Waals surface area contributed by atoms with Crippen molar-refractivity contribution in [1.82, 2.24) is 10.3 Å². The van der Waals surface area contributed by atoms with Crippen LogP contribution in [0.2, 0.25) is 0 Å². The van der Waals surface area contributed by atoms with Crippen LogP contribution < -0.4 is 11.1 Å². The molecule has 0 radical (unpaired) electrons. The zero-order valence-electron chi connectivity index (χ0n) is 17.6. The van der Waals surface area contributed by atoms with Crippen LogP contribution in [0, 0.1) is 24.0 Å². The van der Waals surface area contributed by atoms with E-state index in [0.29, 0.717) is 11.1 Å². The average Bonchev–Trinajstić information content (AvgIpc) is 3.06. The number of hydrogen-bond acceptors (Lipinski definition) is 6. The van der Waals surface area contributed by atoms with Gasteiger partial charge in [-0.05, 0) is 50.1 Å². The monoisotopic (exact) mass is 458 g/mol. The summed E-state index contributed by atoms with van der Waals surface area (Å²) in [6.45, 7) is 5.03. The number of rotatable bonds is 7. The van der Waals surface area contributed by atoms with Crippen LogP contribution in [0.25, 0.3) is 10.9 Å². The molecule has 0 aliphatic rings. The molecule has 0 saturated heterocycles. The summed E-state index contributed by atoms with van der Waals surface area (Å²) in [5, 5.41) is 13.8. The number of aromatic amines is 1. The fraction of sp³-hybridized carbons (Fsp3) is 0.238. The number of aromatic nitrogens is 1. The molecule has 0 fully saturated rings. The highest BCUT2D eigenvalue weighted by molar-refractivity contribution is 7.91. The normalized spacial score (nSPS) is 12.5. The first-order valence-electron chi connectivity index (χ1n) is 9.63. The number of aryl methyl sites for hydroxylation is 2. The molecule has 10 nitrogen and oxygen atoms in total. The Balaban J connectivity index is 2.26. The van der Waals surface area contributed by atoms with Crippen molar-refractivity contribution >= 4 is 38.2 Å². The van der Waals surface area contributed by atoms with Crippen molar-refractivity contribution in [3.8, 4) is 0 Å². The number of nitrogens with two attached hydrogens (primary N) is 1. The summed E-state index contributed by atoms with van der Waals surface area (Å²) in [7, 11) is -4.25. The zero-order valence-corrected chi connectivity index (χ0v) is 18.4. The van der Waals surface area contributed by atoms with E-state index in [2.05, 4.69) is 10.3 Å². The maximum Gasteiger partial charge on any atom is 0.270 e. The molecule has 32 heavy (non-hydrogen) atoms. The van der Waals surface area contributed by atoms with Gasteiger partial charge in [-0.25, -0.2) is 8.42 Å². The minimum Gasteiger partial charge on any atom is -0.370 e. The minimum atomic E-state index is -4.25. The second-order valence-corrected chi connectivity index (χ2v) is 9.57. The summed E-state index contributed by atoms with van der Waals surface area (Å²) in [6.07, 6.45) is -0.142. The molecule has 0 saturated carbocycles. The number of carbonyl (C=O) groups is 2. The van der Waals surface area contributed by atoms with Crippen molar-refractivity contribution < 1.29 is 22.9 Å². The first kappa shape index (κ1) is 22.9. The number of nitro benzene ring substituents is 1. The standard InChI is InChI=1S/C21H22N4O6S/c1-11-6-12(2)8-15(7-11)32(30,31)20-16-10-14(25(28)29)4-5-17(16)24-19(20)21(27)23-13(3)9-18(22)26/h4-8,10,13,24H,9H2,1-3H3,(H2,22,26)(H,23,27). The molecular formula is C21H22N4O6S. The maximum atomic E-state index is 13.6. The molecule has 11 heteroatoms. The predicted octanol–water partition coefficient (Wildman–Crippen LogP) is 2.52. The van der Waals surface area contributed by atoms with Gasteiger partial charge in [0.05, 0.1) is 9.82 Å². The van der Waals surface area contributed by atoms with Crippen molar-refractivity contribution in [1.29, 1.82) is 0 Å².